The number of benzene rings is 2. The zero-order chi connectivity index (χ0) is 22.8. The van der Waals surface area contributed by atoms with E-state index in [0.29, 0.717) is 19.4 Å². The minimum Gasteiger partial charge on any atom is -0.466 e. The van der Waals surface area contributed by atoms with E-state index in [1.165, 1.54) is 0 Å². The molecule has 1 N–H and O–H groups in total. The fourth-order valence-electron chi connectivity index (χ4n) is 4.43. The summed E-state index contributed by atoms with van der Waals surface area (Å²) in [5.74, 6) is -1.17. The summed E-state index contributed by atoms with van der Waals surface area (Å²) in [5, 5.41) is 0. The van der Waals surface area contributed by atoms with Gasteiger partial charge in [0.05, 0.1) is 19.1 Å². The standard InChI is InChI=1S/C27H31NO4/c1-3-31-24(29)17-18-27(23-16-11-19-28-23,20-21-12-7-5-8-13-21)25(26(30)32-4-2)22-14-9-6-10-15-22/h5-16,19,25,28H,3-4,17-18,20H2,1-2H3. The van der Waals surface area contributed by atoms with E-state index in [-0.39, 0.29) is 25.0 Å². The highest BCUT2D eigenvalue weighted by atomic mass is 16.5. The van der Waals surface area contributed by atoms with Crippen molar-refractivity contribution in [2.75, 3.05) is 13.2 Å². The maximum atomic E-state index is 13.5. The molecule has 0 radical (unpaired) electrons. The molecule has 5 heteroatoms. The summed E-state index contributed by atoms with van der Waals surface area (Å²) < 4.78 is 10.8. The molecule has 2 aromatic carbocycles. The highest BCUT2D eigenvalue weighted by Crippen LogP contribution is 2.46. The van der Waals surface area contributed by atoms with Crippen LogP contribution < -0.4 is 0 Å². The molecule has 5 nitrogen and oxygen atoms in total. The lowest BCUT2D eigenvalue weighted by atomic mass is 9.64. The molecule has 0 spiro atoms. The molecule has 0 bridgehead atoms. The lowest BCUT2D eigenvalue weighted by Crippen LogP contribution is -2.42. The quantitative estimate of drug-likeness (QED) is 0.423. The molecule has 0 aliphatic carbocycles. The van der Waals surface area contributed by atoms with Crippen molar-refractivity contribution in [1.82, 2.24) is 4.98 Å². The molecule has 0 aliphatic rings. The van der Waals surface area contributed by atoms with Gasteiger partial charge in [-0.25, -0.2) is 0 Å². The van der Waals surface area contributed by atoms with Gasteiger partial charge in [-0.2, -0.15) is 0 Å². The lowest BCUT2D eigenvalue weighted by Gasteiger charge is -2.39. The summed E-state index contributed by atoms with van der Waals surface area (Å²) in [7, 11) is 0. The van der Waals surface area contributed by atoms with Crippen molar-refractivity contribution >= 4 is 11.9 Å². The second-order valence-electron chi connectivity index (χ2n) is 7.80. The number of H-pyrrole nitrogens is 1. The van der Waals surface area contributed by atoms with Crippen LogP contribution in [-0.4, -0.2) is 30.1 Å². The van der Waals surface area contributed by atoms with Gasteiger partial charge in [-0.3, -0.25) is 9.59 Å². The van der Waals surface area contributed by atoms with Crippen molar-refractivity contribution in [3.05, 3.63) is 95.8 Å². The molecule has 32 heavy (non-hydrogen) atoms. The van der Waals surface area contributed by atoms with Crippen LogP contribution in [-0.2, 0) is 30.9 Å². The Bertz CT molecular complexity index is 969. The molecular weight excluding hydrogens is 402 g/mol. The number of rotatable bonds is 11. The molecule has 0 amide bonds. The molecule has 3 aromatic rings. The van der Waals surface area contributed by atoms with E-state index in [1.807, 2.05) is 73.8 Å². The highest BCUT2D eigenvalue weighted by Gasteiger charge is 2.47. The van der Waals surface area contributed by atoms with Crippen LogP contribution in [0.25, 0.3) is 0 Å². The van der Waals surface area contributed by atoms with Crippen LogP contribution in [0, 0.1) is 0 Å². The van der Waals surface area contributed by atoms with Crippen LogP contribution in [0.1, 0.15) is 49.4 Å². The first-order valence-electron chi connectivity index (χ1n) is 11.2. The lowest BCUT2D eigenvalue weighted by molar-refractivity contribution is -0.149. The maximum absolute atomic E-state index is 13.5. The maximum Gasteiger partial charge on any atom is 0.314 e. The van der Waals surface area contributed by atoms with Crippen molar-refractivity contribution in [3.63, 3.8) is 0 Å². The van der Waals surface area contributed by atoms with E-state index in [4.69, 9.17) is 9.47 Å². The van der Waals surface area contributed by atoms with Gasteiger partial charge in [-0.05, 0) is 49.9 Å². The molecule has 0 saturated heterocycles. The molecule has 168 valence electrons. The average molecular weight is 434 g/mol. The Balaban J connectivity index is 2.18. The van der Waals surface area contributed by atoms with Crippen molar-refractivity contribution in [3.8, 4) is 0 Å². The normalized spacial score (nSPS) is 13.7. The summed E-state index contributed by atoms with van der Waals surface area (Å²) in [5.41, 5.74) is 2.11. The van der Waals surface area contributed by atoms with Crippen molar-refractivity contribution in [2.45, 2.75) is 44.4 Å². The van der Waals surface area contributed by atoms with Gasteiger partial charge in [0.2, 0.25) is 0 Å². The number of esters is 2. The van der Waals surface area contributed by atoms with Crippen molar-refractivity contribution in [2.24, 2.45) is 0 Å². The molecule has 3 rings (SSSR count). The second-order valence-corrected chi connectivity index (χ2v) is 7.80. The SMILES string of the molecule is CCOC(=O)CCC(Cc1ccccc1)(c1ccc[nH]1)C(C(=O)OCC)c1ccccc1. The Hall–Kier alpha value is -3.34. The molecule has 0 fully saturated rings. The van der Waals surface area contributed by atoms with Crippen LogP contribution in [0.15, 0.2) is 79.0 Å². The number of hydrogen-bond acceptors (Lipinski definition) is 4. The van der Waals surface area contributed by atoms with E-state index < -0.39 is 11.3 Å². The van der Waals surface area contributed by atoms with Gasteiger partial charge in [0, 0.05) is 23.7 Å². The van der Waals surface area contributed by atoms with Crippen molar-refractivity contribution < 1.29 is 19.1 Å². The summed E-state index contributed by atoms with van der Waals surface area (Å²) >= 11 is 0. The minimum atomic E-state index is -0.731. The monoisotopic (exact) mass is 433 g/mol. The smallest absolute Gasteiger partial charge is 0.314 e. The van der Waals surface area contributed by atoms with Crippen LogP contribution in [0.4, 0.5) is 0 Å². The third-order valence-corrected chi connectivity index (χ3v) is 5.79. The van der Waals surface area contributed by atoms with Gasteiger partial charge in [0.1, 0.15) is 0 Å². The number of carbonyl (C=O) groups is 2. The zero-order valence-corrected chi connectivity index (χ0v) is 18.8. The van der Waals surface area contributed by atoms with Crippen LogP contribution in [0.2, 0.25) is 0 Å². The van der Waals surface area contributed by atoms with Gasteiger partial charge in [-0.1, -0.05) is 60.7 Å². The van der Waals surface area contributed by atoms with Crippen LogP contribution in [0.5, 0.6) is 0 Å². The first-order chi connectivity index (χ1) is 15.6. The topological polar surface area (TPSA) is 68.4 Å². The van der Waals surface area contributed by atoms with Gasteiger partial charge >= 0.3 is 11.9 Å². The van der Waals surface area contributed by atoms with Crippen molar-refractivity contribution in [1.29, 1.82) is 0 Å². The molecule has 0 saturated carbocycles. The summed E-state index contributed by atoms with van der Waals surface area (Å²) in [6.45, 7) is 4.22. The molecule has 1 heterocycles. The van der Waals surface area contributed by atoms with E-state index in [1.54, 1.807) is 6.92 Å². The van der Waals surface area contributed by atoms with Crippen LogP contribution in [0.3, 0.4) is 0 Å². The Morgan fingerprint density at radius 3 is 2.12 bits per heavy atom. The Morgan fingerprint density at radius 2 is 1.53 bits per heavy atom. The number of aromatic nitrogens is 1. The highest BCUT2D eigenvalue weighted by molar-refractivity contribution is 5.81. The Kier molecular flexibility index (Phi) is 8.26. The number of ether oxygens (including phenoxy) is 2. The molecule has 0 aliphatic heterocycles. The fourth-order valence-corrected chi connectivity index (χ4v) is 4.43. The third kappa shape index (κ3) is 5.47. The predicted molar refractivity (Wildman–Crippen MR) is 124 cm³/mol. The van der Waals surface area contributed by atoms with E-state index in [0.717, 1.165) is 16.8 Å². The number of nitrogens with one attached hydrogen (secondary N) is 1. The summed E-state index contributed by atoms with van der Waals surface area (Å²) in [6.07, 6.45) is 3.04. The second kappa shape index (κ2) is 11.3. The zero-order valence-electron chi connectivity index (χ0n) is 18.8. The van der Waals surface area contributed by atoms with E-state index in [2.05, 4.69) is 17.1 Å². The van der Waals surface area contributed by atoms with Crippen LogP contribution >= 0.6 is 0 Å². The molecule has 2 atom stereocenters. The van der Waals surface area contributed by atoms with Gasteiger partial charge in [0.15, 0.2) is 0 Å². The molecule has 2 unspecified atom stereocenters. The van der Waals surface area contributed by atoms with Gasteiger partial charge < -0.3 is 14.5 Å². The fraction of sp³-hybridized carbons (Fsp3) is 0.333. The number of aromatic amines is 1. The summed E-state index contributed by atoms with van der Waals surface area (Å²) in [4.78, 5) is 29.3. The predicted octanol–water partition coefficient (Wildman–Crippen LogP) is 5.19. The first kappa shape index (κ1) is 23.3. The number of hydrogen-bond donors (Lipinski definition) is 1. The van der Waals surface area contributed by atoms with E-state index >= 15 is 0 Å². The van der Waals surface area contributed by atoms with Gasteiger partial charge in [0.25, 0.3) is 0 Å². The van der Waals surface area contributed by atoms with Gasteiger partial charge in [-0.15, -0.1) is 0 Å². The Morgan fingerprint density at radius 1 is 0.875 bits per heavy atom. The van der Waals surface area contributed by atoms with E-state index in [9.17, 15) is 9.59 Å². The minimum absolute atomic E-state index is 0.197. The molecule has 1 aromatic heterocycles. The molecular formula is C27H31NO4. The first-order valence-corrected chi connectivity index (χ1v) is 11.2. The third-order valence-electron chi connectivity index (χ3n) is 5.79. The summed E-state index contributed by atoms with van der Waals surface area (Å²) in [6, 6.07) is 23.6. The Labute approximate surface area is 189 Å². The average Bonchev–Trinajstić information content (AvgIpc) is 3.35. The number of carbonyl (C=O) groups excluding carboxylic acids is 2. The largest absolute Gasteiger partial charge is 0.466 e.